The van der Waals surface area contributed by atoms with E-state index in [0.717, 1.165) is 35.7 Å². The zero-order chi connectivity index (χ0) is 12.7. The third-order valence-electron chi connectivity index (χ3n) is 3.05. The summed E-state index contributed by atoms with van der Waals surface area (Å²) in [6, 6.07) is 7.99. The number of ketones is 1. The van der Waals surface area contributed by atoms with Crippen molar-refractivity contribution in [2.75, 3.05) is 0 Å². The van der Waals surface area contributed by atoms with Gasteiger partial charge in [-0.2, -0.15) is 0 Å². The van der Waals surface area contributed by atoms with Gasteiger partial charge >= 0.3 is 0 Å². The molecule has 0 atom stereocenters. The number of halogens is 1. The molecule has 0 saturated heterocycles. The Kier molecular flexibility index (Phi) is 6.49. The van der Waals surface area contributed by atoms with Gasteiger partial charge in [-0.25, -0.2) is 0 Å². The minimum atomic E-state index is 0.247. The van der Waals surface area contributed by atoms with E-state index in [2.05, 4.69) is 29.8 Å². The summed E-state index contributed by atoms with van der Waals surface area (Å²) in [5, 5.41) is 0. The first kappa shape index (κ1) is 14.4. The van der Waals surface area contributed by atoms with Gasteiger partial charge in [-0.3, -0.25) is 4.79 Å². The molecule has 0 N–H and O–H groups in total. The summed E-state index contributed by atoms with van der Waals surface area (Å²) in [7, 11) is 0. The number of carbonyl (C=O) groups excluding carboxylic acids is 1. The molecule has 0 fully saturated rings. The van der Waals surface area contributed by atoms with Crippen LogP contribution in [-0.4, -0.2) is 5.78 Å². The van der Waals surface area contributed by atoms with Gasteiger partial charge in [0.25, 0.3) is 0 Å². The van der Waals surface area contributed by atoms with Crippen molar-refractivity contribution in [1.29, 1.82) is 0 Å². The van der Waals surface area contributed by atoms with Crippen LogP contribution in [0.15, 0.2) is 28.7 Å². The maximum Gasteiger partial charge on any atom is 0.140 e. The number of hydrogen-bond acceptors (Lipinski definition) is 1. The normalized spacial score (nSPS) is 10.8. The van der Waals surface area contributed by atoms with Crippen LogP contribution >= 0.6 is 15.9 Å². The van der Waals surface area contributed by atoms with Gasteiger partial charge in [-0.15, -0.1) is 0 Å². The van der Waals surface area contributed by atoms with Crippen molar-refractivity contribution in [1.82, 2.24) is 0 Å². The van der Waals surface area contributed by atoms with E-state index in [1.165, 1.54) is 0 Å². The average Bonchev–Trinajstić information content (AvgIpc) is 2.32. The molecule has 0 amide bonds. The standard InChI is InChI=1S/C15H21BrO/c1-3-7-12(8-4-2)15(17)11-13-9-5-6-10-14(13)16/h5-6,9-10,12H,3-4,7-8,11H2,1-2H3. The molecule has 2 heteroatoms. The molecule has 0 bridgehead atoms. The van der Waals surface area contributed by atoms with Gasteiger partial charge in [-0.05, 0) is 24.5 Å². The third-order valence-corrected chi connectivity index (χ3v) is 3.83. The number of carbonyl (C=O) groups is 1. The summed E-state index contributed by atoms with van der Waals surface area (Å²) in [6.45, 7) is 4.29. The van der Waals surface area contributed by atoms with Crippen molar-refractivity contribution in [3.63, 3.8) is 0 Å². The van der Waals surface area contributed by atoms with Gasteiger partial charge in [0, 0.05) is 16.8 Å². The van der Waals surface area contributed by atoms with Crippen LogP contribution in [0.5, 0.6) is 0 Å². The first-order chi connectivity index (χ1) is 8.19. The summed E-state index contributed by atoms with van der Waals surface area (Å²) in [6.07, 6.45) is 4.79. The number of Topliss-reactive ketones (excluding diaryl/α,β-unsaturated/α-hetero) is 1. The molecule has 0 aliphatic heterocycles. The highest BCUT2D eigenvalue weighted by molar-refractivity contribution is 9.10. The molecule has 1 aromatic carbocycles. The van der Waals surface area contributed by atoms with E-state index in [1.807, 2.05) is 24.3 Å². The molecule has 17 heavy (non-hydrogen) atoms. The summed E-state index contributed by atoms with van der Waals surface area (Å²) in [5.74, 6) is 0.637. The lowest BCUT2D eigenvalue weighted by atomic mass is 9.90. The van der Waals surface area contributed by atoms with Crippen LogP contribution in [0.2, 0.25) is 0 Å². The predicted molar refractivity (Wildman–Crippen MR) is 76.2 cm³/mol. The smallest absolute Gasteiger partial charge is 0.140 e. The maximum absolute atomic E-state index is 12.2. The quantitative estimate of drug-likeness (QED) is 0.708. The topological polar surface area (TPSA) is 17.1 Å². The van der Waals surface area contributed by atoms with Gasteiger partial charge in [-0.1, -0.05) is 60.8 Å². The van der Waals surface area contributed by atoms with Gasteiger partial charge in [0.2, 0.25) is 0 Å². The van der Waals surface area contributed by atoms with E-state index in [0.29, 0.717) is 12.2 Å². The molecule has 0 radical (unpaired) electrons. The molecule has 94 valence electrons. The van der Waals surface area contributed by atoms with E-state index in [-0.39, 0.29) is 5.92 Å². The Hall–Kier alpha value is -0.630. The largest absolute Gasteiger partial charge is 0.299 e. The molecule has 0 heterocycles. The monoisotopic (exact) mass is 296 g/mol. The fraction of sp³-hybridized carbons (Fsp3) is 0.533. The highest BCUT2D eigenvalue weighted by Gasteiger charge is 2.17. The van der Waals surface area contributed by atoms with Gasteiger partial charge in [0.05, 0.1) is 0 Å². The molecule has 0 aromatic heterocycles. The lowest BCUT2D eigenvalue weighted by Gasteiger charge is -2.14. The molecule has 1 nitrogen and oxygen atoms in total. The van der Waals surface area contributed by atoms with Crippen molar-refractivity contribution in [3.05, 3.63) is 34.3 Å². The van der Waals surface area contributed by atoms with Crippen LogP contribution in [0.3, 0.4) is 0 Å². The second-order valence-electron chi connectivity index (χ2n) is 4.51. The molecular formula is C15H21BrO. The predicted octanol–water partition coefficient (Wildman–Crippen LogP) is 4.78. The van der Waals surface area contributed by atoms with E-state index in [4.69, 9.17) is 0 Å². The molecule has 0 aliphatic rings. The van der Waals surface area contributed by atoms with Gasteiger partial charge < -0.3 is 0 Å². The van der Waals surface area contributed by atoms with Crippen molar-refractivity contribution < 1.29 is 4.79 Å². The highest BCUT2D eigenvalue weighted by Crippen LogP contribution is 2.21. The van der Waals surface area contributed by atoms with Crippen LogP contribution in [-0.2, 0) is 11.2 Å². The third kappa shape index (κ3) is 4.63. The Labute approximate surface area is 113 Å². The minimum Gasteiger partial charge on any atom is -0.299 e. The van der Waals surface area contributed by atoms with Crippen LogP contribution in [0.1, 0.15) is 45.1 Å². The van der Waals surface area contributed by atoms with Gasteiger partial charge in [0.1, 0.15) is 5.78 Å². The number of rotatable bonds is 7. The van der Waals surface area contributed by atoms with Crippen LogP contribution < -0.4 is 0 Å². The fourth-order valence-corrected chi connectivity index (χ4v) is 2.56. The molecule has 0 spiro atoms. The number of benzene rings is 1. The lowest BCUT2D eigenvalue weighted by Crippen LogP contribution is -2.17. The Morgan fingerprint density at radius 2 is 1.76 bits per heavy atom. The molecule has 0 saturated carbocycles. The highest BCUT2D eigenvalue weighted by atomic mass is 79.9. The van der Waals surface area contributed by atoms with E-state index < -0.39 is 0 Å². The van der Waals surface area contributed by atoms with Crippen molar-refractivity contribution in [2.45, 2.75) is 46.0 Å². The molecule has 0 unspecified atom stereocenters. The van der Waals surface area contributed by atoms with E-state index >= 15 is 0 Å². The van der Waals surface area contributed by atoms with Crippen LogP contribution in [0.25, 0.3) is 0 Å². The molecule has 1 rings (SSSR count). The van der Waals surface area contributed by atoms with Crippen molar-refractivity contribution in [3.8, 4) is 0 Å². The van der Waals surface area contributed by atoms with E-state index in [9.17, 15) is 4.79 Å². The Morgan fingerprint density at radius 1 is 1.18 bits per heavy atom. The maximum atomic E-state index is 12.2. The first-order valence-electron chi connectivity index (χ1n) is 6.45. The first-order valence-corrected chi connectivity index (χ1v) is 7.24. The molecule has 1 aromatic rings. The Balaban J connectivity index is 2.66. The van der Waals surface area contributed by atoms with Gasteiger partial charge in [0.15, 0.2) is 0 Å². The van der Waals surface area contributed by atoms with Crippen LogP contribution in [0.4, 0.5) is 0 Å². The Morgan fingerprint density at radius 3 is 2.29 bits per heavy atom. The fourth-order valence-electron chi connectivity index (χ4n) is 2.14. The summed E-state index contributed by atoms with van der Waals surface area (Å²) < 4.78 is 1.04. The minimum absolute atomic E-state index is 0.247. The average molecular weight is 297 g/mol. The van der Waals surface area contributed by atoms with Crippen LogP contribution in [0, 0.1) is 5.92 Å². The van der Waals surface area contributed by atoms with E-state index in [1.54, 1.807) is 0 Å². The zero-order valence-electron chi connectivity index (χ0n) is 10.7. The SMILES string of the molecule is CCCC(CCC)C(=O)Cc1ccccc1Br. The molecule has 0 aliphatic carbocycles. The van der Waals surface area contributed by atoms with Crippen molar-refractivity contribution >= 4 is 21.7 Å². The number of hydrogen-bond donors (Lipinski definition) is 0. The summed E-state index contributed by atoms with van der Waals surface area (Å²) in [5.41, 5.74) is 1.11. The zero-order valence-corrected chi connectivity index (χ0v) is 12.3. The second kappa shape index (κ2) is 7.65. The van der Waals surface area contributed by atoms with Crippen molar-refractivity contribution in [2.24, 2.45) is 5.92 Å². The lowest BCUT2D eigenvalue weighted by molar-refractivity contribution is -0.122. The second-order valence-corrected chi connectivity index (χ2v) is 5.36. The Bertz CT molecular complexity index is 354. The molecular weight excluding hydrogens is 276 g/mol. The summed E-state index contributed by atoms with van der Waals surface area (Å²) in [4.78, 5) is 12.2. The summed E-state index contributed by atoms with van der Waals surface area (Å²) >= 11 is 3.50.